The van der Waals surface area contributed by atoms with Gasteiger partial charge in [-0.2, -0.15) is 0 Å². The predicted octanol–water partition coefficient (Wildman–Crippen LogP) is -0.161. The van der Waals surface area contributed by atoms with E-state index in [1.807, 2.05) is 6.92 Å². The summed E-state index contributed by atoms with van der Waals surface area (Å²) in [5.41, 5.74) is 2.24. The van der Waals surface area contributed by atoms with Crippen LogP contribution in [0.3, 0.4) is 0 Å². The molecule has 1 fully saturated rings. The third kappa shape index (κ3) is 2.71. The van der Waals surface area contributed by atoms with Gasteiger partial charge in [-0.05, 0) is 12.3 Å². The Morgan fingerprint density at radius 1 is 1.47 bits per heavy atom. The van der Waals surface area contributed by atoms with Crippen LogP contribution >= 0.6 is 0 Å². The van der Waals surface area contributed by atoms with E-state index in [2.05, 4.69) is 20.1 Å². The van der Waals surface area contributed by atoms with Gasteiger partial charge in [0.2, 0.25) is 16.0 Å². The summed E-state index contributed by atoms with van der Waals surface area (Å²) in [5, 5.41) is 0. The molecule has 0 bridgehead atoms. The van der Waals surface area contributed by atoms with Crippen molar-refractivity contribution < 1.29 is 8.42 Å². The SMILES string of the molecule is CCC1CC1NS(=O)(=O)c1cnc(NN)nc1. The van der Waals surface area contributed by atoms with Gasteiger partial charge < -0.3 is 0 Å². The van der Waals surface area contributed by atoms with Gasteiger partial charge in [0.05, 0.1) is 12.4 Å². The average molecular weight is 257 g/mol. The van der Waals surface area contributed by atoms with Crippen LogP contribution in [-0.2, 0) is 10.0 Å². The maximum Gasteiger partial charge on any atom is 0.243 e. The van der Waals surface area contributed by atoms with Crippen LogP contribution in [0.5, 0.6) is 0 Å². The Bertz CT molecular complexity index is 487. The number of hydrogen-bond acceptors (Lipinski definition) is 6. The van der Waals surface area contributed by atoms with Crippen LogP contribution < -0.4 is 16.0 Å². The van der Waals surface area contributed by atoms with Crippen LogP contribution in [0.25, 0.3) is 0 Å². The molecule has 0 saturated heterocycles. The summed E-state index contributed by atoms with van der Waals surface area (Å²) in [6, 6.07) is 0.0531. The first-order chi connectivity index (χ1) is 8.06. The molecule has 0 aromatic carbocycles. The van der Waals surface area contributed by atoms with Crippen molar-refractivity contribution >= 4 is 16.0 Å². The molecule has 1 aromatic heterocycles. The number of aromatic nitrogens is 2. The fraction of sp³-hybridized carbons (Fsp3) is 0.556. The first-order valence-electron chi connectivity index (χ1n) is 5.38. The predicted molar refractivity (Wildman–Crippen MR) is 62.3 cm³/mol. The quantitative estimate of drug-likeness (QED) is 0.499. The van der Waals surface area contributed by atoms with Crippen molar-refractivity contribution in [2.45, 2.75) is 30.7 Å². The van der Waals surface area contributed by atoms with Gasteiger partial charge in [-0.3, -0.25) is 5.43 Å². The Kier molecular flexibility index (Phi) is 3.27. The van der Waals surface area contributed by atoms with Gasteiger partial charge in [-0.25, -0.2) is 29.0 Å². The van der Waals surface area contributed by atoms with E-state index >= 15 is 0 Å². The van der Waals surface area contributed by atoms with Crippen LogP contribution in [-0.4, -0.2) is 24.4 Å². The lowest BCUT2D eigenvalue weighted by molar-refractivity contribution is 0.575. The minimum absolute atomic E-state index is 0.0531. The third-order valence-electron chi connectivity index (χ3n) is 2.82. The van der Waals surface area contributed by atoms with Gasteiger partial charge in [0, 0.05) is 6.04 Å². The van der Waals surface area contributed by atoms with E-state index < -0.39 is 10.0 Å². The lowest BCUT2D eigenvalue weighted by Gasteiger charge is -2.05. The molecule has 4 N–H and O–H groups in total. The van der Waals surface area contributed by atoms with Gasteiger partial charge in [0.15, 0.2) is 0 Å². The second kappa shape index (κ2) is 4.55. The second-order valence-corrected chi connectivity index (χ2v) is 5.73. The summed E-state index contributed by atoms with van der Waals surface area (Å²) < 4.78 is 26.4. The molecule has 1 saturated carbocycles. The zero-order valence-corrected chi connectivity index (χ0v) is 10.2. The van der Waals surface area contributed by atoms with Crippen molar-refractivity contribution in [2.24, 2.45) is 11.8 Å². The van der Waals surface area contributed by atoms with Crippen LogP contribution in [0.1, 0.15) is 19.8 Å². The van der Waals surface area contributed by atoms with E-state index in [4.69, 9.17) is 5.84 Å². The fourth-order valence-electron chi connectivity index (χ4n) is 1.64. The molecule has 2 rings (SSSR count). The first kappa shape index (κ1) is 12.2. The summed E-state index contributed by atoms with van der Waals surface area (Å²) in [6.07, 6.45) is 4.35. The molecule has 0 radical (unpaired) electrons. The van der Waals surface area contributed by atoms with Crippen LogP contribution in [0.2, 0.25) is 0 Å². The number of hydrazine groups is 1. The molecule has 8 heteroatoms. The monoisotopic (exact) mass is 257 g/mol. The Morgan fingerprint density at radius 3 is 2.59 bits per heavy atom. The fourth-order valence-corrected chi connectivity index (χ4v) is 2.85. The molecular formula is C9H15N5O2S. The maximum atomic E-state index is 11.9. The zero-order chi connectivity index (χ0) is 12.5. The second-order valence-electron chi connectivity index (χ2n) is 4.02. The maximum absolute atomic E-state index is 11.9. The molecule has 17 heavy (non-hydrogen) atoms. The Balaban J connectivity index is 2.09. The Hall–Kier alpha value is -1.25. The largest absolute Gasteiger partial charge is 0.292 e. The van der Waals surface area contributed by atoms with Crippen molar-refractivity contribution in [3.8, 4) is 0 Å². The minimum atomic E-state index is -3.51. The first-order valence-corrected chi connectivity index (χ1v) is 6.86. The number of nitrogen functional groups attached to an aromatic ring is 1. The van der Waals surface area contributed by atoms with Gasteiger partial charge in [-0.1, -0.05) is 13.3 Å². The number of anilines is 1. The molecule has 2 unspecified atom stereocenters. The van der Waals surface area contributed by atoms with E-state index in [0.29, 0.717) is 5.92 Å². The molecular weight excluding hydrogens is 242 g/mol. The Morgan fingerprint density at radius 2 is 2.12 bits per heavy atom. The molecule has 94 valence electrons. The van der Waals surface area contributed by atoms with Gasteiger partial charge in [0.25, 0.3) is 0 Å². The highest BCUT2D eigenvalue weighted by atomic mass is 32.2. The van der Waals surface area contributed by atoms with E-state index in [0.717, 1.165) is 12.8 Å². The highest BCUT2D eigenvalue weighted by Crippen LogP contribution is 2.34. The van der Waals surface area contributed by atoms with E-state index in [-0.39, 0.29) is 16.9 Å². The van der Waals surface area contributed by atoms with Crippen molar-refractivity contribution in [2.75, 3.05) is 5.43 Å². The average Bonchev–Trinajstić information content (AvgIpc) is 3.07. The summed E-state index contributed by atoms with van der Waals surface area (Å²) in [4.78, 5) is 7.58. The number of sulfonamides is 1. The van der Waals surface area contributed by atoms with E-state index in [1.165, 1.54) is 12.4 Å². The van der Waals surface area contributed by atoms with Gasteiger partial charge in [0.1, 0.15) is 4.90 Å². The molecule has 7 nitrogen and oxygen atoms in total. The van der Waals surface area contributed by atoms with Gasteiger partial charge >= 0.3 is 0 Å². The molecule has 1 aliphatic rings. The normalized spacial score (nSPS) is 23.4. The highest BCUT2D eigenvalue weighted by Gasteiger charge is 2.38. The molecule has 1 heterocycles. The zero-order valence-electron chi connectivity index (χ0n) is 9.42. The van der Waals surface area contributed by atoms with Crippen LogP contribution in [0.15, 0.2) is 17.3 Å². The van der Waals surface area contributed by atoms with Crippen molar-refractivity contribution in [3.05, 3.63) is 12.4 Å². The smallest absolute Gasteiger partial charge is 0.243 e. The molecule has 0 spiro atoms. The van der Waals surface area contributed by atoms with Crippen LogP contribution in [0, 0.1) is 5.92 Å². The summed E-state index contributed by atoms with van der Waals surface area (Å²) in [7, 11) is -3.51. The van der Waals surface area contributed by atoms with Crippen LogP contribution in [0.4, 0.5) is 5.95 Å². The van der Waals surface area contributed by atoms with E-state index in [1.54, 1.807) is 0 Å². The summed E-state index contributed by atoms with van der Waals surface area (Å²) >= 11 is 0. The molecule has 2 atom stereocenters. The van der Waals surface area contributed by atoms with Crippen molar-refractivity contribution in [3.63, 3.8) is 0 Å². The standard InChI is InChI=1S/C9H15N5O2S/c1-2-6-3-8(6)14-17(15,16)7-4-11-9(13-10)12-5-7/h4-6,8,14H,2-3,10H2,1H3,(H,11,12,13). The molecule has 1 aromatic rings. The van der Waals surface area contributed by atoms with Crippen molar-refractivity contribution in [1.29, 1.82) is 0 Å². The number of rotatable bonds is 5. The molecule has 1 aliphatic carbocycles. The molecule has 0 aliphatic heterocycles. The number of hydrogen-bond donors (Lipinski definition) is 3. The molecule has 0 amide bonds. The Labute approximate surface area is 99.9 Å². The summed E-state index contributed by atoms with van der Waals surface area (Å²) in [6.45, 7) is 2.05. The third-order valence-corrected chi connectivity index (χ3v) is 4.27. The highest BCUT2D eigenvalue weighted by molar-refractivity contribution is 7.89. The number of nitrogens with zero attached hydrogens (tertiary/aromatic N) is 2. The van der Waals surface area contributed by atoms with Crippen molar-refractivity contribution in [1.82, 2.24) is 14.7 Å². The topological polar surface area (TPSA) is 110 Å². The minimum Gasteiger partial charge on any atom is -0.292 e. The lowest BCUT2D eigenvalue weighted by Crippen LogP contribution is -2.27. The lowest BCUT2D eigenvalue weighted by atomic mass is 10.3. The van der Waals surface area contributed by atoms with E-state index in [9.17, 15) is 8.42 Å². The number of nitrogens with one attached hydrogen (secondary N) is 2. The number of nitrogens with two attached hydrogens (primary N) is 1. The summed E-state index contributed by atoms with van der Waals surface area (Å²) in [5.74, 6) is 5.73. The van der Waals surface area contributed by atoms with Gasteiger partial charge in [-0.15, -0.1) is 0 Å².